The second kappa shape index (κ2) is 12.4. The molecule has 280 valence electrons. The van der Waals surface area contributed by atoms with Crippen LogP contribution in [0.2, 0.25) is 0 Å². The summed E-state index contributed by atoms with van der Waals surface area (Å²) in [6.07, 6.45) is 1.88. The Labute approximate surface area is 348 Å². The highest BCUT2D eigenvalue weighted by atomic mass is 16.3. The molecule has 61 heavy (non-hydrogen) atoms. The molecule has 0 N–H and O–H groups in total. The molecule has 9 aromatic carbocycles. The van der Waals surface area contributed by atoms with Crippen molar-refractivity contribution >= 4 is 92.9 Å². The van der Waals surface area contributed by atoms with Gasteiger partial charge in [0.05, 0.1) is 56.5 Å². The minimum atomic E-state index is 0.394. The number of rotatable bonds is 4. The summed E-state index contributed by atoms with van der Waals surface area (Å²) in [6.45, 7) is 9.15. The predicted molar refractivity (Wildman–Crippen MR) is 248 cm³/mol. The largest absolute Gasteiger partial charge is 0.455 e. The smallest absolute Gasteiger partial charge is 0.220 e. The van der Waals surface area contributed by atoms with Crippen LogP contribution in [-0.4, -0.2) is 14.1 Å². The zero-order valence-corrected chi connectivity index (χ0v) is 32.4. The normalized spacial score (nSPS) is 11.9. The van der Waals surface area contributed by atoms with E-state index in [9.17, 15) is 5.26 Å². The molecule has 4 aromatic heterocycles. The Balaban J connectivity index is 1.31. The molecule has 6 heteroatoms. The van der Waals surface area contributed by atoms with Crippen LogP contribution in [-0.2, 0) is 0 Å². The number of hydrogen-bond donors (Lipinski definition) is 0. The van der Waals surface area contributed by atoms with E-state index in [1.807, 2.05) is 79.0 Å². The number of nitrogens with zero attached hydrogens (tertiary/aromatic N) is 5. The van der Waals surface area contributed by atoms with Gasteiger partial charge in [0.1, 0.15) is 17.2 Å². The van der Waals surface area contributed by atoms with E-state index in [1.54, 1.807) is 0 Å². The average Bonchev–Trinajstić information content (AvgIpc) is 3.99. The lowest BCUT2D eigenvalue weighted by molar-refractivity contribution is 0.673. The molecule has 0 bridgehead atoms. The number of benzene rings is 9. The molecule has 13 aromatic rings. The van der Waals surface area contributed by atoms with E-state index in [2.05, 4.69) is 117 Å². The van der Waals surface area contributed by atoms with Crippen molar-refractivity contribution in [3.63, 3.8) is 0 Å². The van der Waals surface area contributed by atoms with E-state index in [4.69, 9.17) is 16.0 Å². The third-order valence-electron chi connectivity index (χ3n) is 12.6. The lowest BCUT2D eigenvalue weighted by atomic mass is 9.88. The second-order valence-corrected chi connectivity index (χ2v) is 15.5. The van der Waals surface area contributed by atoms with Crippen LogP contribution in [0.5, 0.6) is 0 Å². The molecular weight excluding hydrogens is 747 g/mol. The highest BCUT2D eigenvalue weighted by Crippen LogP contribution is 2.53. The Bertz CT molecular complexity index is 3980. The molecule has 0 aliphatic carbocycles. The molecule has 0 aliphatic rings. The topological polar surface area (TPSA) is 64.0 Å². The van der Waals surface area contributed by atoms with Crippen LogP contribution >= 0.6 is 0 Å². The van der Waals surface area contributed by atoms with E-state index in [0.29, 0.717) is 28.2 Å². The predicted octanol–water partition coefficient (Wildman–Crippen LogP) is 14.7. The van der Waals surface area contributed by atoms with Crippen LogP contribution in [0.15, 0.2) is 180 Å². The van der Waals surface area contributed by atoms with Gasteiger partial charge in [0.2, 0.25) is 5.69 Å². The Kier molecular flexibility index (Phi) is 6.76. The molecular formula is C55H29N5O. The SMILES string of the molecule is [C-]#[N+]c1c(-c2ccccc2)c(C#N)c(-n2c3ccccc3c3c4oc5ccccc5c4ccc32)c(-c2ccccc2)c1-n1c2cccc3c4ccccc4c4nccc1c4c32. The average molecular weight is 776 g/mol. The third kappa shape index (κ3) is 4.35. The highest BCUT2D eigenvalue weighted by molar-refractivity contribution is 6.34. The van der Waals surface area contributed by atoms with Crippen LogP contribution in [0.1, 0.15) is 5.56 Å². The van der Waals surface area contributed by atoms with Crippen molar-refractivity contribution < 1.29 is 4.42 Å². The first-order chi connectivity index (χ1) is 30.2. The first kappa shape index (κ1) is 33.3. The lowest BCUT2D eigenvalue weighted by Gasteiger charge is -2.25. The van der Waals surface area contributed by atoms with Gasteiger partial charge in [0.15, 0.2) is 0 Å². The molecule has 0 unspecified atom stereocenters. The minimum Gasteiger partial charge on any atom is -0.455 e. The summed E-state index contributed by atoms with van der Waals surface area (Å²) < 4.78 is 11.2. The van der Waals surface area contributed by atoms with E-state index in [-0.39, 0.29) is 0 Å². The third-order valence-corrected chi connectivity index (χ3v) is 12.6. The van der Waals surface area contributed by atoms with E-state index < -0.39 is 0 Å². The van der Waals surface area contributed by atoms with Crippen molar-refractivity contribution in [1.82, 2.24) is 14.1 Å². The zero-order valence-electron chi connectivity index (χ0n) is 32.4. The van der Waals surface area contributed by atoms with Crippen molar-refractivity contribution in [2.45, 2.75) is 0 Å². The van der Waals surface area contributed by atoms with Gasteiger partial charge in [-0.3, -0.25) is 4.98 Å². The second-order valence-electron chi connectivity index (χ2n) is 15.5. The number of nitriles is 1. The van der Waals surface area contributed by atoms with Gasteiger partial charge in [-0.25, -0.2) is 4.85 Å². The van der Waals surface area contributed by atoms with E-state index in [1.165, 1.54) is 0 Å². The number of aromatic nitrogens is 3. The van der Waals surface area contributed by atoms with Gasteiger partial charge >= 0.3 is 0 Å². The first-order valence-corrected chi connectivity index (χ1v) is 20.2. The number of fused-ring (bicyclic) bond motifs is 10. The van der Waals surface area contributed by atoms with Crippen molar-refractivity contribution in [3.05, 3.63) is 193 Å². The molecule has 0 aliphatic heterocycles. The molecule has 0 atom stereocenters. The molecule has 0 amide bonds. The molecule has 4 heterocycles. The van der Waals surface area contributed by atoms with E-state index in [0.717, 1.165) is 104 Å². The van der Waals surface area contributed by atoms with Gasteiger partial charge in [0.25, 0.3) is 0 Å². The van der Waals surface area contributed by atoms with Crippen molar-refractivity contribution in [3.8, 4) is 39.7 Å². The van der Waals surface area contributed by atoms with Gasteiger partial charge in [0, 0.05) is 49.6 Å². The first-order valence-electron chi connectivity index (χ1n) is 20.2. The van der Waals surface area contributed by atoms with Crippen LogP contribution < -0.4 is 0 Å². The quantitative estimate of drug-likeness (QED) is 0.132. The number of para-hydroxylation sites is 2. The Morgan fingerprint density at radius 1 is 0.492 bits per heavy atom. The van der Waals surface area contributed by atoms with Gasteiger partial charge in [-0.05, 0) is 58.3 Å². The minimum absolute atomic E-state index is 0.394. The summed E-state index contributed by atoms with van der Waals surface area (Å²) in [6, 6.07) is 60.6. The monoisotopic (exact) mass is 775 g/mol. The van der Waals surface area contributed by atoms with E-state index >= 15 is 0 Å². The van der Waals surface area contributed by atoms with Crippen molar-refractivity contribution in [2.24, 2.45) is 0 Å². The van der Waals surface area contributed by atoms with Crippen LogP contribution in [0, 0.1) is 17.9 Å². The van der Waals surface area contributed by atoms with Crippen LogP contribution in [0.4, 0.5) is 5.69 Å². The molecule has 13 rings (SSSR count). The summed E-state index contributed by atoms with van der Waals surface area (Å²) in [5.74, 6) is 0. The summed E-state index contributed by atoms with van der Waals surface area (Å²) >= 11 is 0. The van der Waals surface area contributed by atoms with Gasteiger partial charge < -0.3 is 13.6 Å². The van der Waals surface area contributed by atoms with Crippen LogP contribution in [0.25, 0.3) is 126 Å². The Morgan fingerprint density at radius 3 is 1.87 bits per heavy atom. The lowest BCUT2D eigenvalue weighted by Crippen LogP contribution is -2.08. The Morgan fingerprint density at radius 2 is 1.10 bits per heavy atom. The maximum atomic E-state index is 11.7. The van der Waals surface area contributed by atoms with Crippen LogP contribution in [0.3, 0.4) is 0 Å². The van der Waals surface area contributed by atoms with Crippen molar-refractivity contribution in [1.29, 1.82) is 5.26 Å². The fourth-order valence-corrected chi connectivity index (χ4v) is 10.2. The van der Waals surface area contributed by atoms with Crippen molar-refractivity contribution in [2.75, 3.05) is 0 Å². The standard InChI is InChI=1S/C55H29N5O/c1-57-52-46(32-15-4-2-5-16-32)40(31-56)53(59-41-24-12-10-22-39(41)49-43(59)28-27-38-35-20-11-13-26-45(35)61-55(38)49)47(33-17-6-3-7-18-33)54(52)60-42-25-14-23-36-34-19-8-9-21-37(34)51-50(48(36)42)44(60)29-30-58-51/h2-30H. The summed E-state index contributed by atoms with van der Waals surface area (Å²) in [5.41, 5.74) is 11.4. The molecule has 0 fully saturated rings. The fraction of sp³-hybridized carbons (Fsp3) is 0. The number of pyridine rings is 1. The molecule has 0 saturated carbocycles. The van der Waals surface area contributed by atoms with Gasteiger partial charge in [-0.1, -0.05) is 133 Å². The van der Waals surface area contributed by atoms with Gasteiger partial charge in [-0.2, -0.15) is 5.26 Å². The Hall–Kier alpha value is -8.71. The fourth-order valence-electron chi connectivity index (χ4n) is 10.2. The number of hydrogen-bond acceptors (Lipinski definition) is 3. The molecule has 0 saturated heterocycles. The maximum Gasteiger partial charge on any atom is 0.220 e. The zero-order chi connectivity index (χ0) is 40.3. The summed E-state index contributed by atoms with van der Waals surface area (Å²) in [5, 5.41) is 21.2. The summed E-state index contributed by atoms with van der Waals surface area (Å²) in [7, 11) is 0. The molecule has 0 radical (unpaired) electrons. The highest BCUT2D eigenvalue weighted by Gasteiger charge is 2.33. The maximum absolute atomic E-state index is 11.7. The number of furan rings is 1. The molecule has 6 nitrogen and oxygen atoms in total. The molecule has 0 spiro atoms. The van der Waals surface area contributed by atoms with Gasteiger partial charge in [-0.15, -0.1) is 0 Å². The summed E-state index contributed by atoms with van der Waals surface area (Å²) in [4.78, 5) is 9.48.